The Morgan fingerprint density at radius 2 is 2.06 bits per heavy atom. The summed E-state index contributed by atoms with van der Waals surface area (Å²) in [6.45, 7) is 3.09. The van der Waals surface area contributed by atoms with Gasteiger partial charge in [0.2, 0.25) is 0 Å². The summed E-state index contributed by atoms with van der Waals surface area (Å²) in [6.07, 6.45) is 1.54. The molecule has 2 heterocycles. The van der Waals surface area contributed by atoms with Crippen LogP contribution in [0, 0.1) is 0 Å². The lowest BCUT2D eigenvalue weighted by atomic mass is 10.2. The highest BCUT2D eigenvalue weighted by molar-refractivity contribution is 5.91. The summed E-state index contributed by atoms with van der Waals surface area (Å²) >= 11 is 0. The van der Waals surface area contributed by atoms with E-state index < -0.39 is 5.97 Å². The van der Waals surface area contributed by atoms with E-state index in [2.05, 4.69) is 15.4 Å². The Balaban J connectivity index is 1.80. The average Bonchev–Trinajstić information content (AvgIpc) is 2.90. The van der Waals surface area contributed by atoms with Crippen molar-refractivity contribution in [2.24, 2.45) is 0 Å². The Hall–Kier alpha value is -1.96. The minimum atomic E-state index is -0.795. The van der Waals surface area contributed by atoms with Gasteiger partial charge in [-0.3, -0.25) is 14.5 Å². The van der Waals surface area contributed by atoms with Crippen LogP contribution < -0.4 is 0 Å². The van der Waals surface area contributed by atoms with E-state index in [9.17, 15) is 9.59 Å². The van der Waals surface area contributed by atoms with Crippen molar-refractivity contribution in [3.8, 4) is 0 Å². The number of H-pyrrole nitrogens is 1. The van der Waals surface area contributed by atoms with Crippen LogP contribution in [-0.4, -0.2) is 74.9 Å². The molecule has 1 aromatic heterocycles. The fraction of sp³-hybridized carbons (Fsp3) is 0.600. The standard InChI is InChI=1S/C10H15N5O3/c16-9(17)1-2-14-3-5-15(6-4-14)10(18)8-7-11-13-12-8/h7H,1-6H2,(H,16,17)(H,11,12,13). The zero-order valence-corrected chi connectivity index (χ0v) is 9.87. The minimum Gasteiger partial charge on any atom is -0.481 e. The smallest absolute Gasteiger partial charge is 0.304 e. The number of aliphatic carboxylic acids is 1. The van der Waals surface area contributed by atoms with Crippen molar-refractivity contribution >= 4 is 11.9 Å². The fourth-order valence-electron chi connectivity index (χ4n) is 1.89. The van der Waals surface area contributed by atoms with Crippen LogP contribution in [-0.2, 0) is 4.79 Å². The fourth-order valence-corrected chi connectivity index (χ4v) is 1.89. The quantitative estimate of drug-likeness (QED) is 0.716. The number of nitrogens with zero attached hydrogens (tertiary/aromatic N) is 4. The molecule has 8 heteroatoms. The molecular formula is C10H15N5O3. The van der Waals surface area contributed by atoms with Crippen LogP contribution in [0.2, 0.25) is 0 Å². The highest BCUT2D eigenvalue weighted by Gasteiger charge is 2.23. The third-order valence-corrected chi connectivity index (χ3v) is 2.94. The molecule has 1 aliphatic rings. The highest BCUT2D eigenvalue weighted by Crippen LogP contribution is 2.06. The van der Waals surface area contributed by atoms with E-state index >= 15 is 0 Å². The molecular weight excluding hydrogens is 238 g/mol. The summed E-state index contributed by atoms with van der Waals surface area (Å²) in [4.78, 5) is 26.1. The topological polar surface area (TPSA) is 102 Å². The van der Waals surface area contributed by atoms with Crippen molar-refractivity contribution in [1.29, 1.82) is 0 Å². The van der Waals surface area contributed by atoms with Gasteiger partial charge in [-0.1, -0.05) is 0 Å². The number of carbonyl (C=O) groups excluding carboxylic acids is 1. The van der Waals surface area contributed by atoms with E-state index in [1.165, 1.54) is 6.20 Å². The molecule has 18 heavy (non-hydrogen) atoms. The molecule has 0 aliphatic carbocycles. The molecule has 0 saturated carbocycles. The Labute approximate surface area is 104 Å². The number of aromatic amines is 1. The first-order valence-corrected chi connectivity index (χ1v) is 5.76. The van der Waals surface area contributed by atoms with Crippen molar-refractivity contribution in [2.45, 2.75) is 6.42 Å². The SMILES string of the molecule is O=C(O)CCN1CCN(C(=O)c2cn[nH]n2)CC1. The molecule has 2 N–H and O–H groups in total. The van der Waals surface area contributed by atoms with Gasteiger partial charge in [-0.15, -0.1) is 0 Å². The highest BCUT2D eigenvalue weighted by atomic mass is 16.4. The van der Waals surface area contributed by atoms with Gasteiger partial charge in [0.1, 0.15) is 0 Å². The number of piperazine rings is 1. The maximum atomic E-state index is 11.9. The normalized spacial score (nSPS) is 16.8. The summed E-state index contributed by atoms with van der Waals surface area (Å²) in [5.74, 6) is -0.933. The predicted octanol–water partition coefficient (Wildman–Crippen LogP) is -0.963. The lowest BCUT2D eigenvalue weighted by molar-refractivity contribution is -0.137. The number of hydrogen-bond acceptors (Lipinski definition) is 5. The van der Waals surface area contributed by atoms with Crippen molar-refractivity contribution in [3.63, 3.8) is 0 Å². The molecule has 0 atom stereocenters. The van der Waals surface area contributed by atoms with Crippen molar-refractivity contribution < 1.29 is 14.7 Å². The number of carbonyl (C=O) groups is 2. The summed E-state index contributed by atoms with van der Waals surface area (Å²) in [5.41, 5.74) is 0.314. The van der Waals surface area contributed by atoms with Gasteiger partial charge in [-0.2, -0.15) is 15.4 Å². The van der Waals surface area contributed by atoms with E-state index in [-0.39, 0.29) is 12.3 Å². The summed E-state index contributed by atoms with van der Waals surface area (Å²) in [6, 6.07) is 0. The third kappa shape index (κ3) is 3.04. The third-order valence-electron chi connectivity index (χ3n) is 2.94. The molecule has 0 spiro atoms. The van der Waals surface area contributed by atoms with Gasteiger partial charge < -0.3 is 10.0 Å². The molecule has 2 rings (SSSR count). The summed E-state index contributed by atoms with van der Waals surface area (Å²) in [5, 5.41) is 18.4. The number of aromatic nitrogens is 3. The van der Waals surface area contributed by atoms with Crippen molar-refractivity contribution in [3.05, 3.63) is 11.9 Å². The van der Waals surface area contributed by atoms with Gasteiger partial charge in [0.15, 0.2) is 5.69 Å². The maximum Gasteiger partial charge on any atom is 0.304 e. The Bertz CT molecular complexity index is 411. The first kappa shape index (κ1) is 12.5. The largest absolute Gasteiger partial charge is 0.481 e. The second-order valence-corrected chi connectivity index (χ2v) is 4.13. The first-order chi connectivity index (χ1) is 8.66. The van der Waals surface area contributed by atoms with Gasteiger partial charge in [0.25, 0.3) is 5.91 Å². The van der Waals surface area contributed by atoms with Crippen molar-refractivity contribution in [1.82, 2.24) is 25.2 Å². The van der Waals surface area contributed by atoms with Gasteiger partial charge >= 0.3 is 5.97 Å². The molecule has 1 amide bonds. The molecule has 8 nitrogen and oxygen atoms in total. The first-order valence-electron chi connectivity index (χ1n) is 5.76. The molecule has 0 radical (unpaired) electrons. The number of rotatable bonds is 4. The lowest BCUT2D eigenvalue weighted by Gasteiger charge is -2.33. The van der Waals surface area contributed by atoms with Crippen LogP contribution in [0.15, 0.2) is 6.20 Å². The number of nitrogens with one attached hydrogen (secondary N) is 1. The molecule has 1 aliphatic heterocycles. The molecule has 0 bridgehead atoms. The number of amides is 1. The average molecular weight is 253 g/mol. The molecule has 1 fully saturated rings. The number of carboxylic acid groups (broad SMARTS) is 1. The van der Waals surface area contributed by atoms with E-state index in [0.717, 1.165) is 0 Å². The molecule has 98 valence electrons. The van der Waals surface area contributed by atoms with Crippen LogP contribution in [0.4, 0.5) is 0 Å². The zero-order valence-electron chi connectivity index (χ0n) is 9.87. The lowest BCUT2D eigenvalue weighted by Crippen LogP contribution is -2.49. The second kappa shape index (κ2) is 5.58. The Morgan fingerprint density at radius 1 is 1.33 bits per heavy atom. The van der Waals surface area contributed by atoms with Crippen LogP contribution >= 0.6 is 0 Å². The minimum absolute atomic E-state index is 0.136. The second-order valence-electron chi connectivity index (χ2n) is 4.13. The number of carboxylic acids is 1. The summed E-state index contributed by atoms with van der Waals surface area (Å²) < 4.78 is 0. The summed E-state index contributed by atoms with van der Waals surface area (Å²) in [7, 11) is 0. The Morgan fingerprint density at radius 3 is 2.61 bits per heavy atom. The van der Waals surface area contributed by atoms with E-state index in [0.29, 0.717) is 38.4 Å². The predicted molar refractivity (Wildman–Crippen MR) is 61.0 cm³/mol. The van der Waals surface area contributed by atoms with Crippen LogP contribution in [0.3, 0.4) is 0 Å². The van der Waals surface area contributed by atoms with E-state index in [1.807, 2.05) is 4.90 Å². The van der Waals surface area contributed by atoms with Crippen LogP contribution in [0.1, 0.15) is 16.9 Å². The Kier molecular flexibility index (Phi) is 3.88. The van der Waals surface area contributed by atoms with E-state index in [4.69, 9.17) is 5.11 Å². The molecule has 1 saturated heterocycles. The maximum absolute atomic E-state index is 11.9. The van der Waals surface area contributed by atoms with Crippen molar-refractivity contribution in [2.75, 3.05) is 32.7 Å². The number of hydrogen-bond donors (Lipinski definition) is 2. The van der Waals surface area contributed by atoms with Crippen LogP contribution in [0.5, 0.6) is 0 Å². The van der Waals surface area contributed by atoms with Gasteiger partial charge in [-0.05, 0) is 0 Å². The van der Waals surface area contributed by atoms with E-state index in [1.54, 1.807) is 4.90 Å². The van der Waals surface area contributed by atoms with Gasteiger partial charge in [0, 0.05) is 32.7 Å². The van der Waals surface area contributed by atoms with Gasteiger partial charge in [-0.25, -0.2) is 0 Å². The molecule has 0 unspecified atom stereocenters. The van der Waals surface area contributed by atoms with Gasteiger partial charge in [0.05, 0.1) is 12.6 Å². The molecule has 1 aromatic rings. The monoisotopic (exact) mass is 253 g/mol. The van der Waals surface area contributed by atoms with Crippen LogP contribution in [0.25, 0.3) is 0 Å². The molecule has 0 aromatic carbocycles. The zero-order chi connectivity index (χ0) is 13.0.